The van der Waals surface area contributed by atoms with Gasteiger partial charge in [0.1, 0.15) is 5.54 Å². The van der Waals surface area contributed by atoms with E-state index in [1.807, 2.05) is 13.8 Å². The molecule has 0 aliphatic rings. The van der Waals surface area contributed by atoms with Gasteiger partial charge < -0.3 is 5.11 Å². The van der Waals surface area contributed by atoms with Gasteiger partial charge in [-0.1, -0.05) is 19.0 Å². The number of aliphatic carboxylic acids is 1. The predicted molar refractivity (Wildman–Crippen MR) is 44.6 cm³/mol. The van der Waals surface area contributed by atoms with Gasteiger partial charge in [0, 0.05) is 4.91 Å². The van der Waals surface area contributed by atoms with Crippen LogP contribution in [0.3, 0.4) is 0 Å². The van der Waals surface area contributed by atoms with E-state index < -0.39 is 11.5 Å². The number of carbonyl (C=O) groups is 1. The van der Waals surface area contributed by atoms with Gasteiger partial charge in [0.25, 0.3) is 0 Å². The lowest BCUT2D eigenvalue weighted by molar-refractivity contribution is -0.143. The fourth-order valence-electron chi connectivity index (χ4n) is 1.06. The smallest absolute Gasteiger partial charge is 0.315 e. The Kier molecular flexibility index (Phi) is 3.57. The van der Waals surface area contributed by atoms with E-state index in [1.165, 1.54) is 6.92 Å². The summed E-state index contributed by atoms with van der Waals surface area (Å²) in [4.78, 5) is 13.2. The highest BCUT2D eigenvalue weighted by Gasteiger charge is 2.32. The monoisotopic (exact) mass is 171 g/mol. The van der Waals surface area contributed by atoms with Crippen molar-refractivity contribution in [2.75, 3.05) is 0 Å². The van der Waals surface area contributed by atoms with Crippen LogP contribution in [0, 0.1) is 5.92 Å². The minimum absolute atomic E-state index is 0.191. The average Bonchev–Trinajstić information content (AvgIpc) is 1.85. The number of azide groups is 1. The van der Waals surface area contributed by atoms with E-state index in [4.69, 9.17) is 10.6 Å². The molecule has 0 aliphatic carbocycles. The third kappa shape index (κ3) is 2.80. The molecule has 0 aromatic rings. The topological polar surface area (TPSA) is 86.1 Å². The van der Waals surface area contributed by atoms with Crippen LogP contribution in [0.15, 0.2) is 5.11 Å². The standard InChI is InChI=1S/C7H13N3O2/c1-5(2)4-7(3,6(11)12)9-10-8/h5H,4H2,1-3H3,(H,11,12)/t7-/m0/s1. The van der Waals surface area contributed by atoms with E-state index in [9.17, 15) is 4.79 Å². The highest BCUT2D eigenvalue weighted by atomic mass is 16.4. The minimum atomic E-state index is -1.30. The average molecular weight is 171 g/mol. The molecule has 0 aliphatic heterocycles. The summed E-state index contributed by atoms with van der Waals surface area (Å²) in [7, 11) is 0. The molecule has 0 radical (unpaired) electrons. The van der Waals surface area contributed by atoms with Crippen molar-refractivity contribution >= 4 is 5.97 Å². The zero-order chi connectivity index (χ0) is 9.78. The maximum atomic E-state index is 10.7. The maximum absolute atomic E-state index is 10.7. The SMILES string of the molecule is CC(C)C[C@](C)(N=[N+]=[N-])C(=O)O. The summed E-state index contributed by atoms with van der Waals surface area (Å²) < 4.78 is 0. The van der Waals surface area contributed by atoms with Gasteiger partial charge in [0.2, 0.25) is 0 Å². The van der Waals surface area contributed by atoms with Gasteiger partial charge in [-0.15, -0.1) is 0 Å². The lowest BCUT2D eigenvalue weighted by atomic mass is 9.92. The molecule has 0 saturated carbocycles. The maximum Gasteiger partial charge on any atom is 0.315 e. The van der Waals surface area contributed by atoms with Crippen LogP contribution in [0.1, 0.15) is 27.2 Å². The first-order valence-corrected chi connectivity index (χ1v) is 3.72. The molecule has 0 fully saturated rings. The molecule has 0 heterocycles. The van der Waals surface area contributed by atoms with E-state index >= 15 is 0 Å². The summed E-state index contributed by atoms with van der Waals surface area (Å²) >= 11 is 0. The number of carboxylic acid groups (broad SMARTS) is 1. The van der Waals surface area contributed by atoms with Crippen LogP contribution >= 0.6 is 0 Å². The summed E-state index contributed by atoms with van der Waals surface area (Å²) in [5.41, 5.74) is 6.86. The quantitative estimate of drug-likeness (QED) is 0.399. The molecule has 0 bridgehead atoms. The molecule has 0 unspecified atom stereocenters. The zero-order valence-corrected chi connectivity index (χ0v) is 7.48. The zero-order valence-electron chi connectivity index (χ0n) is 7.48. The lowest BCUT2D eigenvalue weighted by Gasteiger charge is -2.20. The van der Waals surface area contributed by atoms with Crippen LogP contribution in [0.4, 0.5) is 0 Å². The molecule has 0 amide bonds. The minimum Gasteiger partial charge on any atom is -0.481 e. The first kappa shape index (κ1) is 10.8. The summed E-state index contributed by atoms with van der Waals surface area (Å²) in [5.74, 6) is -0.884. The Bertz CT molecular complexity index is 217. The molecule has 5 nitrogen and oxygen atoms in total. The normalized spacial score (nSPS) is 15.0. The highest BCUT2D eigenvalue weighted by molar-refractivity contribution is 5.78. The van der Waals surface area contributed by atoms with Gasteiger partial charge in [-0.05, 0) is 24.8 Å². The Morgan fingerprint density at radius 2 is 2.25 bits per heavy atom. The summed E-state index contributed by atoms with van der Waals surface area (Å²) in [6.45, 7) is 5.19. The van der Waals surface area contributed by atoms with Crippen molar-refractivity contribution in [3.8, 4) is 0 Å². The number of nitrogens with zero attached hydrogens (tertiary/aromatic N) is 3. The fourth-order valence-corrected chi connectivity index (χ4v) is 1.06. The number of carboxylic acids is 1. The molecule has 0 aromatic heterocycles. The Hall–Kier alpha value is -1.22. The number of rotatable bonds is 4. The Labute approximate surface area is 71.0 Å². The molecule has 68 valence electrons. The molecule has 0 spiro atoms. The third-order valence-electron chi connectivity index (χ3n) is 1.53. The molecule has 1 N–H and O–H groups in total. The van der Waals surface area contributed by atoms with E-state index in [-0.39, 0.29) is 5.92 Å². The molecule has 5 heteroatoms. The van der Waals surface area contributed by atoms with Gasteiger partial charge >= 0.3 is 5.97 Å². The van der Waals surface area contributed by atoms with Crippen LogP contribution in [0.25, 0.3) is 10.4 Å². The van der Waals surface area contributed by atoms with Crippen molar-refractivity contribution in [3.05, 3.63) is 10.4 Å². The first-order valence-electron chi connectivity index (χ1n) is 3.72. The van der Waals surface area contributed by atoms with Gasteiger partial charge in [0.05, 0.1) is 0 Å². The molecule has 0 saturated heterocycles. The van der Waals surface area contributed by atoms with Crippen molar-refractivity contribution in [1.82, 2.24) is 0 Å². The molecule has 12 heavy (non-hydrogen) atoms. The third-order valence-corrected chi connectivity index (χ3v) is 1.53. The van der Waals surface area contributed by atoms with Crippen molar-refractivity contribution < 1.29 is 9.90 Å². The molecular formula is C7H13N3O2. The Balaban J connectivity index is 4.62. The van der Waals surface area contributed by atoms with E-state index in [1.54, 1.807) is 0 Å². The fraction of sp³-hybridized carbons (Fsp3) is 0.857. The first-order chi connectivity index (χ1) is 5.42. The summed E-state index contributed by atoms with van der Waals surface area (Å²) in [5, 5.41) is 12.0. The lowest BCUT2D eigenvalue weighted by Crippen LogP contribution is -2.33. The van der Waals surface area contributed by atoms with E-state index in [0.717, 1.165) is 0 Å². The van der Waals surface area contributed by atoms with Crippen molar-refractivity contribution in [2.45, 2.75) is 32.7 Å². The largest absolute Gasteiger partial charge is 0.481 e. The van der Waals surface area contributed by atoms with Crippen molar-refractivity contribution in [3.63, 3.8) is 0 Å². The second-order valence-corrected chi connectivity index (χ2v) is 3.37. The Morgan fingerprint density at radius 3 is 2.50 bits per heavy atom. The van der Waals surface area contributed by atoms with Gasteiger partial charge in [0.15, 0.2) is 0 Å². The molecular weight excluding hydrogens is 158 g/mol. The van der Waals surface area contributed by atoms with Crippen molar-refractivity contribution in [1.29, 1.82) is 0 Å². The van der Waals surface area contributed by atoms with E-state index in [2.05, 4.69) is 10.0 Å². The summed E-state index contributed by atoms with van der Waals surface area (Å²) in [6, 6.07) is 0. The predicted octanol–water partition coefficient (Wildman–Crippen LogP) is 2.19. The van der Waals surface area contributed by atoms with Gasteiger partial charge in [-0.3, -0.25) is 4.79 Å². The molecule has 0 rings (SSSR count). The van der Waals surface area contributed by atoms with Crippen molar-refractivity contribution in [2.24, 2.45) is 11.0 Å². The van der Waals surface area contributed by atoms with E-state index in [0.29, 0.717) is 6.42 Å². The van der Waals surface area contributed by atoms with Crippen LogP contribution < -0.4 is 0 Å². The number of hydrogen-bond acceptors (Lipinski definition) is 2. The van der Waals surface area contributed by atoms with Crippen LogP contribution in [0.5, 0.6) is 0 Å². The molecule has 0 aromatic carbocycles. The second-order valence-electron chi connectivity index (χ2n) is 3.37. The van der Waals surface area contributed by atoms with Gasteiger partial charge in [-0.25, -0.2) is 0 Å². The van der Waals surface area contributed by atoms with Gasteiger partial charge in [-0.2, -0.15) is 0 Å². The molecule has 1 atom stereocenters. The second kappa shape index (κ2) is 3.97. The Morgan fingerprint density at radius 1 is 1.75 bits per heavy atom. The van der Waals surface area contributed by atoms with Crippen LogP contribution in [0.2, 0.25) is 0 Å². The van der Waals surface area contributed by atoms with Crippen LogP contribution in [-0.4, -0.2) is 16.6 Å². The summed E-state index contributed by atoms with van der Waals surface area (Å²) in [6.07, 6.45) is 0.354. The number of hydrogen-bond donors (Lipinski definition) is 1. The van der Waals surface area contributed by atoms with Crippen LogP contribution in [-0.2, 0) is 4.79 Å². The highest BCUT2D eigenvalue weighted by Crippen LogP contribution is 2.21.